The Kier molecular flexibility index (Phi) is 4.10. The minimum Gasteiger partial charge on any atom is -0.314 e. The van der Waals surface area contributed by atoms with Crippen LogP contribution in [0.3, 0.4) is 0 Å². The summed E-state index contributed by atoms with van der Waals surface area (Å²) in [5.74, 6) is 0. The number of rotatable bonds is 6. The molecule has 0 unspecified atom stereocenters. The van der Waals surface area contributed by atoms with Gasteiger partial charge in [0, 0.05) is 25.3 Å². The maximum atomic E-state index is 4.56. The van der Waals surface area contributed by atoms with Gasteiger partial charge in [-0.3, -0.25) is 4.68 Å². The molecule has 1 heterocycles. The quantitative estimate of drug-likeness (QED) is 0.840. The Morgan fingerprint density at radius 3 is 2.61 bits per heavy atom. The van der Waals surface area contributed by atoms with Gasteiger partial charge in [0.05, 0.1) is 5.69 Å². The van der Waals surface area contributed by atoms with E-state index in [0.717, 1.165) is 13.0 Å². The lowest BCUT2D eigenvalue weighted by Gasteiger charge is -2.42. The molecule has 3 heteroatoms. The lowest BCUT2D eigenvalue weighted by Crippen LogP contribution is -2.44. The molecule has 1 aliphatic rings. The lowest BCUT2D eigenvalue weighted by atomic mass is 9.66. The topological polar surface area (TPSA) is 29.9 Å². The van der Waals surface area contributed by atoms with Crippen molar-refractivity contribution in [2.45, 2.75) is 58.9 Å². The fourth-order valence-corrected chi connectivity index (χ4v) is 2.81. The molecule has 0 amide bonds. The highest BCUT2D eigenvalue weighted by Gasteiger charge is 2.37. The molecule has 0 aromatic carbocycles. The molecule has 102 valence electrons. The Morgan fingerprint density at radius 1 is 1.44 bits per heavy atom. The number of aryl methyl sites for hydroxylation is 2. The summed E-state index contributed by atoms with van der Waals surface area (Å²) in [5.41, 5.74) is 3.11. The second kappa shape index (κ2) is 5.43. The number of hydrogen-bond donors (Lipinski definition) is 1. The van der Waals surface area contributed by atoms with Crippen molar-refractivity contribution in [3.05, 3.63) is 17.5 Å². The fourth-order valence-electron chi connectivity index (χ4n) is 2.81. The summed E-state index contributed by atoms with van der Waals surface area (Å²) in [6.07, 6.45) is 6.32. The van der Waals surface area contributed by atoms with Gasteiger partial charge in [-0.05, 0) is 37.2 Å². The average Bonchev–Trinajstić information content (AvgIpc) is 2.63. The third kappa shape index (κ3) is 2.94. The second-order valence-electron chi connectivity index (χ2n) is 6.17. The molecule has 0 saturated heterocycles. The monoisotopic (exact) mass is 249 g/mol. The Bertz CT molecular complexity index is 388. The van der Waals surface area contributed by atoms with Crippen LogP contribution in [0.1, 0.15) is 51.4 Å². The van der Waals surface area contributed by atoms with E-state index in [1.807, 2.05) is 0 Å². The van der Waals surface area contributed by atoms with Gasteiger partial charge in [-0.1, -0.05) is 27.2 Å². The summed E-state index contributed by atoms with van der Waals surface area (Å²) in [7, 11) is 2.08. The van der Waals surface area contributed by atoms with Crippen LogP contribution in [0.15, 0.2) is 6.07 Å². The largest absolute Gasteiger partial charge is 0.314 e. The molecule has 0 radical (unpaired) electrons. The summed E-state index contributed by atoms with van der Waals surface area (Å²) < 4.78 is 2.08. The minimum absolute atomic E-state index is 0.489. The van der Waals surface area contributed by atoms with Crippen LogP contribution in [0.25, 0.3) is 0 Å². The van der Waals surface area contributed by atoms with Crippen molar-refractivity contribution in [1.82, 2.24) is 15.1 Å². The van der Waals surface area contributed by atoms with Gasteiger partial charge < -0.3 is 5.32 Å². The van der Waals surface area contributed by atoms with Crippen molar-refractivity contribution in [2.24, 2.45) is 12.5 Å². The zero-order valence-electron chi connectivity index (χ0n) is 12.3. The molecule has 1 aliphatic carbocycles. The lowest BCUT2D eigenvalue weighted by molar-refractivity contribution is 0.124. The van der Waals surface area contributed by atoms with Gasteiger partial charge >= 0.3 is 0 Å². The standard InChI is InChI=1S/C15H27N3/c1-5-13-9-14(18(4)17-13)10-15(7-6-8-15)11-16-12(2)3/h9,12,16H,5-8,10-11H2,1-4H3. The highest BCUT2D eigenvalue weighted by Crippen LogP contribution is 2.43. The SMILES string of the molecule is CCc1cc(CC2(CNC(C)C)CCC2)n(C)n1. The number of nitrogens with zero attached hydrogens (tertiary/aromatic N) is 2. The summed E-state index contributed by atoms with van der Waals surface area (Å²) >= 11 is 0. The molecule has 0 aliphatic heterocycles. The predicted octanol–water partition coefficient (Wildman–Crippen LogP) is 2.69. The third-order valence-corrected chi connectivity index (χ3v) is 4.25. The van der Waals surface area contributed by atoms with Crippen molar-refractivity contribution >= 4 is 0 Å². The Labute approximate surface area is 111 Å². The predicted molar refractivity (Wildman–Crippen MR) is 75.7 cm³/mol. The molecule has 18 heavy (non-hydrogen) atoms. The molecule has 3 nitrogen and oxygen atoms in total. The molecule has 2 rings (SSSR count). The molecular weight excluding hydrogens is 222 g/mol. The summed E-state index contributed by atoms with van der Waals surface area (Å²) in [5, 5.41) is 8.18. The zero-order valence-corrected chi connectivity index (χ0v) is 12.3. The molecule has 0 bridgehead atoms. The first-order chi connectivity index (χ1) is 8.54. The summed E-state index contributed by atoms with van der Waals surface area (Å²) in [4.78, 5) is 0. The van der Waals surface area contributed by atoms with Gasteiger partial charge in [0.25, 0.3) is 0 Å². The first kappa shape index (κ1) is 13.6. The molecular formula is C15H27N3. The maximum Gasteiger partial charge on any atom is 0.0624 e. The van der Waals surface area contributed by atoms with E-state index in [0.29, 0.717) is 11.5 Å². The van der Waals surface area contributed by atoms with Gasteiger partial charge in [0.15, 0.2) is 0 Å². The molecule has 0 spiro atoms. The summed E-state index contributed by atoms with van der Waals surface area (Å²) in [6.45, 7) is 7.78. The van der Waals surface area contributed by atoms with Crippen LogP contribution in [-0.4, -0.2) is 22.4 Å². The van der Waals surface area contributed by atoms with Gasteiger partial charge in [-0.15, -0.1) is 0 Å². The molecule has 1 fully saturated rings. The van der Waals surface area contributed by atoms with E-state index in [1.165, 1.54) is 37.1 Å². The van der Waals surface area contributed by atoms with Crippen molar-refractivity contribution in [1.29, 1.82) is 0 Å². The van der Waals surface area contributed by atoms with Gasteiger partial charge in [0.2, 0.25) is 0 Å². The van der Waals surface area contributed by atoms with Crippen LogP contribution >= 0.6 is 0 Å². The minimum atomic E-state index is 0.489. The van der Waals surface area contributed by atoms with Crippen LogP contribution in [0.5, 0.6) is 0 Å². The van der Waals surface area contributed by atoms with Gasteiger partial charge in [-0.25, -0.2) is 0 Å². The molecule has 1 aromatic heterocycles. The van der Waals surface area contributed by atoms with Gasteiger partial charge in [-0.2, -0.15) is 5.10 Å². The first-order valence-corrected chi connectivity index (χ1v) is 7.30. The number of hydrogen-bond acceptors (Lipinski definition) is 2. The molecule has 1 aromatic rings. The average molecular weight is 249 g/mol. The van der Waals surface area contributed by atoms with E-state index in [9.17, 15) is 0 Å². The van der Waals surface area contributed by atoms with E-state index in [4.69, 9.17) is 0 Å². The number of aromatic nitrogens is 2. The molecule has 1 N–H and O–H groups in total. The fraction of sp³-hybridized carbons (Fsp3) is 0.800. The zero-order chi connectivity index (χ0) is 13.2. The van der Waals surface area contributed by atoms with Crippen LogP contribution in [0.4, 0.5) is 0 Å². The third-order valence-electron chi connectivity index (χ3n) is 4.25. The van der Waals surface area contributed by atoms with Crippen molar-refractivity contribution < 1.29 is 0 Å². The Hall–Kier alpha value is -0.830. The summed E-state index contributed by atoms with van der Waals surface area (Å²) in [6, 6.07) is 2.87. The van der Waals surface area contributed by atoms with E-state index in [2.05, 4.69) is 49.0 Å². The van der Waals surface area contributed by atoms with Crippen LogP contribution in [0.2, 0.25) is 0 Å². The van der Waals surface area contributed by atoms with E-state index in [1.54, 1.807) is 0 Å². The maximum absolute atomic E-state index is 4.56. The van der Waals surface area contributed by atoms with E-state index < -0.39 is 0 Å². The van der Waals surface area contributed by atoms with E-state index >= 15 is 0 Å². The van der Waals surface area contributed by atoms with Crippen LogP contribution in [-0.2, 0) is 19.9 Å². The Balaban J connectivity index is 2.02. The molecule has 1 saturated carbocycles. The second-order valence-corrected chi connectivity index (χ2v) is 6.17. The highest BCUT2D eigenvalue weighted by atomic mass is 15.3. The normalized spacial score (nSPS) is 18.1. The smallest absolute Gasteiger partial charge is 0.0624 e. The Morgan fingerprint density at radius 2 is 2.17 bits per heavy atom. The first-order valence-electron chi connectivity index (χ1n) is 7.30. The highest BCUT2D eigenvalue weighted by molar-refractivity contribution is 5.13. The van der Waals surface area contributed by atoms with E-state index in [-0.39, 0.29) is 0 Å². The van der Waals surface area contributed by atoms with Crippen molar-refractivity contribution in [2.75, 3.05) is 6.54 Å². The van der Waals surface area contributed by atoms with Gasteiger partial charge in [0.1, 0.15) is 0 Å². The number of nitrogens with one attached hydrogen (secondary N) is 1. The molecule has 0 atom stereocenters. The van der Waals surface area contributed by atoms with Crippen molar-refractivity contribution in [3.63, 3.8) is 0 Å². The van der Waals surface area contributed by atoms with Crippen LogP contribution in [0, 0.1) is 5.41 Å². The van der Waals surface area contributed by atoms with Crippen molar-refractivity contribution in [3.8, 4) is 0 Å². The van der Waals surface area contributed by atoms with Crippen LogP contribution < -0.4 is 5.32 Å².